The number of aryl methyl sites for hydroxylation is 3. The highest BCUT2D eigenvalue weighted by Crippen LogP contribution is 2.30. The van der Waals surface area contributed by atoms with Crippen LogP contribution in [-0.4, -0.2) is 26.5 Å². The summed E-state index contributed by atoms with van der Waals surface area (Å²) in [6, 6.07) is 9.48. The first-order valence-corrected chi connectivity index (χ1v) is 11.0. The molecule has 0 bridgehead atoms. The van der Waals surface area contributed by atoms with E-state index in [1.165, 1.54) is 12.4 Å². The predicted octanol–water partition coefficient (Wildman–Crippen LogP) is 6.51. The van der Waals surface area contributed by atoms with E-state index in [9.17, 15) is 13.2 Å². The molecule has 0 amide bonds. The standard InChI is InChI=1S/C20H17ClF3N3O.CH4O3S/c1-13-19(21)17(27-12-26-13)4-2-3-14-5-8-16(9-6-14)28-18-10-7-15(11-25-18)20(22,23)24;1-5-4-3-2/h5-12H,2-4H2,1H3;2H,1H3. The molecule has 3 aromatic rings. The van der Waals surface area contributed by atoms with Crippen LogP contribution in [0.25, 0.3) is 0 Å². The van der Waals surface area contributed by atoms with Crippen LogP contribution in [0.5, 0.6) is 11.6 Å². The van der Waals surface area contributed by atoms with Gasteiger partial charge in [0.05, 0.1) is 22.0 Å². The smallest absolute Gasteiger partial charge is 0.417 e. The van der Waals surface area contributed by atoms with E-state index in [1.807, 2.05) is 19.1 Å². The summed E-state index contributed by atoms with van der Waals surface area (Å²) in [5, 5.41) is 11.1. The first-order chi connectivity index (χ1) is 15.7. The second-order valence-electron chi connectivity index (χ2n) is 6.51. The van der Waals surface area contributed by atoms with Gasteiger partial charge in [-0.05, 0) is 49.9 Å². The highest BCUT2D eigenvalue weighted by molar-refractivity contribution is 7.93. The van der Waals surface area contributed by atoms with Crippen molar-refractivity contribution in [3.63, 3.8) is 0 Å². The van der Waals surface area contributed by atoms with Gasteiger partial charge in [0.25, 0.3) is 0 Å². The molecular formula is C21H21ClF3N3O4S. The van der Waals surface area contributed by atoms with Gasteiger partial charge in [0.1, 0.15) is 12.1 Å². The number of ether oxygens (including phenoxy) is 1. The molecule has 0 unspecified atom stereocenters. The number of nitrogens with zero attached hydrogens (tertiary/aromatic N) is 3. The summed E-state index contributed by atoms with van der Waals surface area (Å²) in [5.41, 5.74) is 1.90. The molecule has 0 aliphatic rings. The van der Waals surface area contributed by atoms with E-state index < -0.39 is 11.7 Å². The predicted molar refractivity (Wildman–Crippen MR) is 118 cm³/mol. The van der Waals surface area contributed by atoms with Gasteiger partial charge in [0, 0.05) is 30.6 Å². The van der Waals surface area contributed by atoms with Gasteiger partial charge in [0.2, 0.25) is 5.88 Å². The van der Waals surface area contributed by atoms with Crippen LogP contribution in [0.4, 0.5) is 13.2 Å². The Labute approximate surface area is 198 Å². The lowest BCUT2D eigenvalue weighted by Gasteiger charge is -2.09. The van der Waals surface area contributed by atoms with Gasteiger partial charge in [-0.2, -0.15) is 13.2 Å². The van der Waals surface area contributed by atoms with E-state index in [4.69, 9.17) is 21.6 Å². The Morgan fingerprint density at radius 2 is 1.76 bits per heavy atom. The van der Waals surface area contributed by atoms with E-state index in [1.54, 1.807) is 18.4 Å². The average molecular weight is 504 g/mol. The number of hydrogen-bond acceptors (Lipinski definition) is 8. The van der Waals surface area contributed by atoms with Crippen LogP contribution in [0.1, 0.15) is 28.9 Å². The Hall–Kier alpha value is -2.44. The lowest BCUT2D eigenvalue weighted by Crippen LogP contribution is -2.05. The molecule has 1 N–H and O–H groups in total. The fourth-order valence-electron chi connectivity index (χ4n) is 2.63. The Morgan fingerprint density at radius 3 is 2.30 bits per heavy atom. The number of benzene rings is 1. The molecule has 178 valence electrons. The van der Waals surface area contributed by atoms with Gasteiger partial charge >= 0.3 is 6.18 Å². The summed E-state index contributed by atoms with van der Waals surface area (Å²) in [7, 11) is 0. The number of aromatic nitrogens is 3. The lowest BCUT2D eigenvalue weighted by molar-refractivity contribution is -0.432. The maximum Gasteiger partial charge on any atom is 0.417 e. The average Bonchev–Trinajstić information content (AvgIpc) is 2.79. The maximum absolute atomic E-state index is 12.5. The number of alkyl halides is 3. The summed E-state index contributed by atoms with van der Waals surface area (Å²) in [6.45, 7) is 1.84. The molecule has 3 rings (SSSR count). The molecular weight excluding hydrogens is 483 g/mol. The van der Waals surface area contributed by atoms with Crippen molar-refractivity contribution in [2.24, 2.45) is 0 Å². The van der Waals surface area contributed by atoms with Crippen LogP contribution in [0.2, 0.25) is 5.02 Å². The quantitative estimate of drug-likeness (QED) is 0.211. The summed E-state index contributed by atoms with van der Waals surface area (Å²) >= 11 is 7.13. The van der Waals surface area contributed by atoms with Crippen molar-refractivity contribution < 1.29 is 32.5 Å². The van der Waals surface area contributed by atoms with Crippen LogP contribution in [0.15, 0.2) is 48.9 Å². The zero-order valence-corrected chi connectivity index (χ0v) is 19.2. The number of pyridine rings is 1. The van der Waals surface area contributed by atoms with Crippen molar-refractivity contribution in [2.45, 2.75) is 32.4 Å². The lowest BCUT2D eigenvalue weighted by atomic mass is 10.1. The molecule has 0 saturated heterocycles. The Kier molecular flexibility index (Phi) is 10.8. The Balaban J connectivity index is 0.000000696. The molecule has 2 aromatic heterocycles. The van der Waals surface area contributed by atoms with Crippen LogP contribution in [-0.2, 0) is 28.4 Å². The van der Waals surface area contributed by atoms with Crippen molar-refractivity contribution in [1.29, 1.82) is 0 Å². The molecule has 0 spiro atoms. The van der Waals surface area contributed by atoms with Gasteiger partial charge in [-0.15, -0.1) is 4.33 Å². The summed E-state index contributed by atoms with van der Waals surface area (Å²) in [5.74, 6) is 0.611. The molecule has 12 heteroatoms. The van der Waals surface area contributed by atoms with Crippen molar-refractivity contribution in [3.8, 4) is 11.6 Å². The van der Waals surface area contributed by atoms with Crippen LogP contribution in [0.3, 0.4) is 0 Å². The van der Waals surface area contributed by atoms with E-state index in [0.29, 0.717) is 10.8 Å². The minimum atomic E-state index is -4.41. The minimum Gasteiger partial charge on any atom is -0.439 e. The van der Waals surface area contributed by atoms with Crippen LogP contribution >= 0.6 is 23.6 Å². The molecule has 0 aliphatic carbocycles. The highest BCUT2D eigenvalue weighted by Gasteiger charge is 2.30. The van der Waals surface area contributed by atoms with Gasteiger partial charge in [-0.1, -0.05) is 28.8 Å². The van der Waals surface area contributed by atoms with Gasteiger partial charge in [-0.25, -0.2) is 20.2 Å². The number of rotatable bonds is 8. The van der Waals surface area contributed by atoms with Gasteiger partial charge in [-0.3, -0.25) is 0 Å². The van der Waals surface area contributed by atoms with Crippen molar-refractivity contribution in [2.75, 3.05) is 6.26 Å². The first kappa shape index (κ1) is 26.8. The van der Waals surface area contributed by atoms with E-state index in [-0.39, 0.29) is 5.88 Å². The van der Waals surface area contributed by atoms with E-state index in [2.05, 4.69) is 24.3 Å². The third kappa shape index (κ3) is 9.14. The maximum atomic E-state index is 12.5. The normalized spacial score (nSPS) is 11.0. The fourth-order valence-corrected chi connectivity index (χ4v) is 2.88. The SMILES string of the molecule is CSOOO.Cc1ncnc(CCCc2ccc(Oc3ccc(C(F)(F)F)cn3)cc2)c1Cl. The molecule has 0 aliphatic heterocycles. The van der Waals surface area contributed by atoms with Crippen molar-refractivity contribution in [1.82, 2.24) is 15.0 Å². The molecule has 33 heavy (non-hydrogen) atoms. The fraction of sp³-hybridized carbons (Fsp3) is 0.286. The molecule has 1 aromatic carbocycles. The van der Waals surface area contributed by atoms with E-state index in [0.717, 1.165) is 60.5 Å². The zero-order chi connectivity index (χ0) is 24.3. The van der Waals surface area contributed by atoms with Crippen molar-refractivity contribution >= 4 is 23.6 Å². The first-order valence-electron chi connectivity index (χ1n) is 9.51. The largest absolute Gasteiger partial charge is 0.439 e. The molecule has 2 heterocycles. The Morgan fingerprint density at radius 1 is 1.03 bits per heavy atom. The summed E-state index contributed by atoms with van der Waals surface area (Å²) in [4.78, 5) is 12.0. The second kappa shape index (κ2) is 13.3. The van der Waals surface area contributed by atoms with Crippen LogP contribution in [0, 0.1) is 6.92 Å². The van der Waals surface area contributed by atoms with E-state index >= 15 is 0 Å². The molecule has 0 saturated carbocycles. The van der Waals surface area contributed by atoms with Gasteiger partial charge in [0.15, 0.2) is 0 Å². The minimum absolute atomic E-state index is 0.106. The number of halogens is 4. The van der Waals surface area contributed by atoms with Crippen molar-refractivity contribution in [3.05, 3.63) is 76.5 Å². The van der Waals surface area contributed by atoms with Crippen LogP contribution < -0.4 is 4.74 Å². The third-order valence-electron chi connectivity index (χ3n) is 4.22. The molecule has 0 fully saturated rings. The Bertz CT molecular complexity index is 992. The second-order valence-corrected chi connectivity index (χ2v) is 7.36. The monoisotopic (exact) mass is 503 g/mol. The highest BCUT2D eigenvalue weighted by atomic mass is 35.5. The summed E-state index contributed by atoms with van der Waals surface area (Å²) < 4.78 is 46.9. The summed E-state index contributed by atoms with van der Waals surface area (Å²) in [6.07, 6.45) is 1.92. The van der Waals surface area contributed by atoms with Gasteiger partial charge < -0.3 is 4.74 Å². The molecule has 0 radical (unpaired) electrons. The number of hydrogen-bond donors (Lipinski definition) is 1. The zero-order valence-electron chi connectivity index (χ0n) is 17.7. The molecule has 0 atom stereocenters. The topological polar surface area (TPSA) is 86.6 Å². The molecule has 7 nitrogen and oxygen atoms in total. The third-order valence-corrected chi connectivity index (χ3v) is 4.91.